The minimum Gasteiger partial charge on any atom is -0.496 e. The van der Waals surface area contributed by atoms with Gasteiger partial charge >= 0.3 is 0 Å². The number of para-hydroxylation sites is 2. The van der Waals surface area contributed by atoms with Crippen LogP contribution in [0.5, 0.6) is 5.75 Å². The molecule has 3 heterocycles. The normalized spacial score (nSPS) is 13.6. The lowest BCUT2D eigenvalue weighted by Gasteiger charge is -2.36. The van der Waals surface area contributed by atoms with Crippen LogP contribution in [0.25, 0.3) is 28.2 Å². The molecule has 1 saturated heterocycles. The number of methoxy groups -OCH3 is 1. The monoisotopic (exact) mass is 523 g/mol. The second-order valence-electron chi connectivity index (χ2n) is 9.12. The lowest BCUT2D eigenvalue weighted by molar-refractivity contribution is 0.0741. The molecule has 1 aliphatic rings. The van der Waals surface area contributed by atoms with Crippen molar-refractivity contribution in [3.63, 3.8) is 0 Å². The maximum atomic E-state index is 13.7. The van der Waals surface area contributed by atoms with E-state index in [1.165, 1.54) is 0 Å². The summed E-state index contributed by atoms with van der Waals surface area (Å²) in [6.45, 7) is 2.55. The SMILES string of the molecule is COc1ccccc1-c1cc(C(=O)N2CCN(c3ccccc3Cl)CC2)nc2cc(-c3ccccc3)nn12. The van der Waals surface area contributed by atoms with Crippen LogP contribution in [0.1, 0.15) is 10.5 Å². The minimum atomic E-state index is -0.107. The Kier molecular flexibility index (Phi) is 6.43. The highest BCUT2D eigenvalue weighted by atomic mass is 35.5. The Morgan fingerprint density at radius 2 is 1.58 bits per heavy atom. The van der Waals surface area contributed by atoms with Gasteiger partial charge < -0.3 is 14.5 Å². The summed E-state index contributed by atoms with van der Waals surface area (Å²) in [6, 6.07) is 29.2. The van der Waals surface area contributed by atoms with Crippen molar-refractivity contribution in [3.8, 4) is 28.3 Å². The predicted octanol–water partition coefficient (Wildman–Crippen LogP) is 5.69. The fraction of sp³-hybridized carbons (Fsp3) is 0.167. The minimum absolute atomic E-state index is 0.107. The van der Waals surface area contributed by atoms with Gasteiger partial charge in [-0.05, 0) is 30.3 Å². The molecule has 190 valence electrons. The van der Waals surface area contributed by atoms with E-state index in [4.69, 9.17) is 26.4 Å². The van der Waals surface area contributed by atoms with Crippen LogP contribution in [-0.4, -0.2) is 58.7 Å². The number of anilines is 1. The standard InChI is InChI=1S/C30H26ClN5O2/c1-38-28-14-8-5-11-22(28)27-19-25(32-29-20-24(33-36(27)29)21-9-3-2-4-10-21)30(37)35-17-15-34(16-18-35)26-13-7-6-12-23(26)31/h2-14,19-20H,15-18H2,1H3. The average Bonchev–Trinajstić information content (AvgIpc) is 3.42. The summed E-state index contributed by atoms with van der Waals surface area (Å²) >= 11 is 6.40. The van der Waals surface area contributed by atoms with Crippen molar-refractivity contribution in [2.45, 2.75) is 0 Å². The fourth-order valence-electron chi connectivity index (χ4n) is 4.90. The van der Waals surface area contributed by atoms with Crippen molar-refractivity contribution in [1.29, 1.82) is 0 Å². The Balaban J connectivity index is 1.37. The zero-order chi connectivity index (χ0) is 26.1. The summed E-state index contributed by atoms with van der Waals surface area (Å²) in [5.41, 5.74) is 5.32. The van der Waals surface area contributed by atoms with Crippen LogP contribution in [0.4, 0.5) is 5.69 Å². The average molecular weight is 524 g/mol. The molecule has 2 aromatic heterocycles. The number of carbonyl (C=O) groups excluding carboxylic acids is 1. The molecule has 1 amide bonds. The van der Waals surface area contributed by atoms with Crippen LogP contribution in [0, 0.1) is 0 Å². The maximum Gasteiger partial charge on any atom is 0.272 e. The van der Waals surface area contributed by atoms with Crippen LogP contribution in [0.3, 0.4) is 0 Å². The molecule has 3 aromatic carbocycles. The topological polar surface area (TPSA) is 63.0 Å². The van der Waals surface area contributed by atoms with Crippen LogP contribution >= 0.6 is 11.6 Å². The van der Waals surface area contributed by atoms with Gasteiger partial charge in [0, 0.05) is 43.4 Å². The van der Waals surface area contributed by atoms with Crippen LogP contribution in [0.15, 0.2) is 91.0 Å². The number of hydrogen-bond donors (Lipinski definition) is 0. The number of rotatable bonds is 5. The summed E-state index contributed by atoms with van der Waals surface area (Å²) in [5, 5.41) is 5.57. The predicted molar refractivity (Wildman–Crippen MR) is 150 cm³/mol. The van der Waals surface area contributed by atoms with E-state index in [1.54, 1.807) is 11.6 Å². The van der Waals surface area contributed by atoms with Crippen molar-refractivity contribution in [2.24, 2.45) is 0 Å². The summed E-state index contributed by atoms with van der Waals surface area (Å²) < 4.78 is 7.43. The third kappa shape index (κ3) is 4.46. The molecule has 0 saturated carbocycles. The number of aromatic nitrogens is 3. The largest absolute Gasteiger partial charge is 0.496 e. The molecule has 0 aliphatic carbocycles. The van der Waals surface area contributed by atoms with Crippen molar-refractivity contribution in [3.05, 3.63) is 102 Å². The zero-order valence-electron chi connectivity index (χ0n) is 20.9. The summed E-state index contributed by atoms with van der Waals surface area (Å²) in [5.74, 6) is 0.591. The van der Waals surface area contributed by atoms with E-state index in [0.29, 0.717) is 43.3 Å². The van der Waals surface area contributed by atoms with Crippen LogP contribution in [0.2, 0.25) is 5.02 Å². The Hall–Kier alpha value is -4.36. The Labute approximate surface area is 225 Å². The molecule has 0 N–H and O–H groups in total. The summed E-state index contributed by atoms with van der Waals surface area (Å²) in [4.78, 5) is 22.6. The number of nitrogens with zero attached hydrogens (tertiary/aromatic N) is 5. The number of carbonyl (C=O) groups is 1. The van der Waals surface area contributed by atoms with E-state index in [0.717, 1.165) is 33.2 Å². The molecule has 0 unspecified atom stereocenters. The van der Waals surface area contributed by atoms with Gasteiger partial charge in [-0.1, -0.05) is 66.2 Å². The van der Waals surface area contributed by atoms with Crippen molar-refractivity contribution in [2.75, 3.05) is 38.2 Å². The summed E-state index contributed by atoms with van der Waals surface area (Å²) in [7, 11) is 1.64. The fourth-order valence-corrected chi connectivity index (χ4v) is 5.16. The van der Waals surface area contributed by atoms with Crippen LogP contribution < -0.4 is 9.64 Å². The van der Waals surface area contributed by atoms with Crippen LogP contribution in [-0.2, 0) is 0 Å². The molecule has 0 spiro atoms. The molecule has 0 atom stereocenters. The quantitative estimate of drug-likeness (QED) is 0.296. The van der Waals surface area contributed by atoms with Crippen molar-refractivity contribution in [1.82, 2.24) is 19.5 Å². The van der Waals surface area contributed by atoms with Gasteiger partial charge in [0.25, 0.3) is 5.91 Å². The number of ether oxygens (including phenoxy) is 1. The van der Waals surface area contributed by atoms with Gasteiger partial charge in [-0.2, -0.15) is 5.10 Å². The van der Waals surface area contributed by atoms with Crippen molar-refractivity contribution >= 4 is 28.8 Å². The first-order valence-corrected chi connectivity index (χ1v) is 12.9. The highest BCUT2D eigenvalue weighted by Gasteiger charge is 2.26. The maximum absolute atomic E-state index is 13.7. The number of piperazine rings is 1. The van der Waals surface area contributed by atoms with Gasteiger partial charge in [-0.25, -0.2) is 9.50 Å². The van der Waals surface area contributed by atoms with Gasteiger partial charge in [0.2, 0.25) is 0 Å². The highest BCUT2D eigenvalue weighted by Crippen LogP contribution is 2.32. The first-order valence-electron chi connectivity index (χ1n) is 12.5. The van der Waals surface area contributed by atoms with E-state index in [1.807, 2.05) is 95.9 Å². The molecule has 5 aromatic rings. The lowest BCUT2D eigenvalue weighted by atomic mass is 10.1. The van der Waals surface area contributed by atoms with E-state index < -0.39 is 0 Å². The van der Waals surface area contributed by atoms with Gasteiger partial charge in [0.1, 0.15) is 11.4 Å². The highest BCUT2D eigenvalue weighted by molar-refractivity contribution is 6.33. The third-order valence-corrected chi connectivity index (χ3v) is 7.18. The van der Waals surface area contributed by atoms with Gasteiger partial charge in [-0.15, -0.1) is 0 Å². The number of halogens is 1. The Morgan fingerprint density at radius 1 is 0.868 bits per heavy atom. The Morgan fingerprint density at radius 3 is 2.34 bits per heavy atom. The molecule has 8 heteroatoms. The number of benzene rings is 3. The van der Waals surface area contributed by atoms with E-state index in [-0.39, 0.29) is 5.91 Å². The van der Waals surface area contributed by atoms with E-state index in [2.05, 4.69) is 4.90 Å². The molecule has 0 radical (unpaired) electrons. The first-order chi connectivity index (χ1) is 18.6. The van der Waals surface area contributed by atoms with Gasteiger partial charge in [-0.3, -0.25) is 4.79 Å². The molecule has 1 fully saturated rings. The molecule has 6 rings (SSSR count). The molecule has 38 heavy (non-hydrogen) atoms. The second kappa shape index (κ2) is 10.2. The molecule has 1 aliphatic heterocycles. The Bertz CT molecular complexity index is 1610. The number of amides is 1. The number of fused-ring (bicyclic) bond motifs is 1. The molecular formula is C30H26ClN5O2. The molecule has 0 bridgehead atoms. The zero-order valence-corrected chi connectivity index (χ0v) is 21.7. The van der Waals surface area contributed by atoms with Gasteiger partial charge in [0.15, 0.2) is 5.65 Å². The first kappa shape index (κ1) is 24.0. The third-order valence-electron chi connectivity index (χ3n) is 6.86. The summed E-state index contributed by atoms with van der Waals surface area (Å²) in [6.07, 6.45) is 0. The molecule has 7 nitrogen and oxygen atoms in total. The van der Waals surface area contributed by atoms with Gasteiger partial charge in [0.05, 0.1) is 29.2 Å². The smallest absolute Gasteiger partial charge is 0.272 e. The van der Waals surface area contributed by atoms with E-state index in [9.17, 15) is 4.79 Å². The molecular weight excluding hydrogens is 498 g/mol. The van der Waals surface area contributed by atoms with E-state index >= 15 is 0 Å². The van der Waals surface area contributed by atoms with Crippen molar-refractivity contribution < 1.29 is 9.53 Å². The number of hydrogen-bond acceptors (Lipinski definition) is 5. The lowest BCUT2D eigenvalue weighted by Crippen LogP contribution is -2.49. The second-order valence-corrected chi connectivity index (χ2v) is 9.53.